The molecule has 1 atom stereocenters. The van der Waals surface area contributed by atoms with Gasteiger partial charge in [0.2, 0.25) is 0 Å². The van der Waals surface area contributed by atoms with Gasteiger partial charge in [0, 0.05) is 35.9 Å². The Morgan fingerprint density at radius 3 is 2.66 bits per heavy atom. The predicted molar refractivity (Wildman–Crippen MR) is 132 cm³/mol. The Morgan fingerprint density at radius 1 is 1.03 bits per heavy atom. The highest BCUT2D eigenvalue weighted by Crippen LogP contribution is 2.44. The van der Waals surface area contributed by atoms with Crippen LogP contribution in [0.3, 0.4) is 0 Å². The van der Waals surface area contributed by atoms with E-state index in [0.717, 1.165) is 49.1 Å². The molecule has 1 saturated heterocycles. The van der Waals surface area contributed by atoms with Crippen molar-refractivity contribution >= 4 is 28.2 Å². The molecule has 178 valence electrons. The summed E-state index contributed by atoms with van der Waals surface area (Å²) in [6.07, 6.45) is 9.87. The van der Waals surface area contributed by atoms with E-state index in [1.54, 1.807) is 24.5 Å². The Kier molecular flexibility index (Phi) is 5.69. The molecular formula is C26H25F2N7. The average molecular weight is 474 g/mol. The number of halogens is 2. The highest BCUT2D eigenvalue weighted by atomic mass is 19.1. The van der Waals surface area contributed by atoms with Gasteiger partial charge in [-0.2, -0.15) is 0 Å². The van der Waals surface area contributed by atoms with Gasteiger partial charge in [0.05, 0.1) is 11.7 Å². The molecule has 0 spiro atoms. The van der Waals surface area contributed by atoms with Crippen molar-refractivity contribution in [3.05, 3.63) is 66.1 Å². The van der Waals surface area contributed by atoms with Gasteiger partial charge in [0.25, 0.3) is 0 Å². The first kappa shape index (κ1) is 21.8. The fourth-order valence-corrected chi connectivity index (χ4v) is 4.60. The molecule has 2 fully saturated rings. The highest BCUT2D eigenvalue weighted by molar-refractivity contribution is 5.93. The van der Waals surface area contributed by atoms with Gasteiger partial charge in [-0.15, -0.1) is 0 Å². The molecule has 0 unspecified atom stereocenters. The first-order valence-corrected chi connectivity index (χ1v) is 12.0. The molecule has 1 saturated carbocycles. The second-order valence-corrected chi connectivity index (χ2v) is 9.12. The summed E-state index contributed by atoms with van der Waals surface area (Å²) < 4.78 is 28.3. The molecule has 6 rings (SSSR count). The molecule has 0 amide bonds. The quantitative estimate of drug-likeness (QED) is 0.342. The lowest BCUT2D eigenvalue weighted by Crippen LogP contribution is -2.29. The van der Waals surface area contributed by atoms with E-state index in [2.05, 4.69) is 25.9 Å². The molecule has 7 nitrogen and oxygen atoms in total. The number of aromatic nitrogens is 4. The van der Waals surface area contributed by atoms with Crippen LogP contribution in [0.25, 0.3) is 22.3 Å². The third-order valence-corrected chi connectivity index (χ3v) is 6.57. The Hall–Kier alpha value is -3.72. The van der Waals surface area contributed by atoms with Gasteiger partial charge >= 0.3 is 0 Å². The number of hydrogen-bond donors (Lipinski definition) is 3. The molecule has 4 aromatic rings. The monoisotopic (exact) mass is 473 g/mol. The normalized spacial score (nSPS) is 17.6. The Morgan fingerprint density at radius 2 is 1.89 bits per heavy atom. The number of fused-ring (bicyclic) bond motifs is 1. The molecule has 1 aliphatic heterocycles. The van der Waals surface area contributed by atoms with E-state index in [-0.39, 0.29) is 5.69 Å². The van der Waals surface area contributed by atoms with Crippen molar-refractivity contribution in [1.82, 2.24) is 25.3 Å². The number of benzene rings is 1. The van der Waals surface area contributed by atoms with Gasteiger partial charge in [-0.25, -0.2) is 23.7 Å². The van der Waals surface area contributed by atoms with Crippen LogP contribution in [-0.2, 0) is 0 Å². The van der Waals surface area contributed by atoms with E-state index >= 15 is 0 Å². The van der Waals surface area contributed by atoms with Crippen molar-refractivity contribution in [2.24, 2.45) is 0 Å². The third kappa shape index (κ3) is 4.51. The van der Waals surface area contributed by atoms with E-state index in [0.29, 0.717) is 29.2 Å². The van der Waals surface area contributed by atoms with Gasteiger partial charge < -0.3 is 16.0 Å². The maximum atomic E-state index is 14.1. The van der Waals surface area contributed by atoms with Crippen LogP contribution in [0, 0.1) is 11.6 Å². The minimum absolute atomic E-state index is 0.249. The van der Waals surface area contributed by atoms with Gasteiger partial charge in [0.1, 0.15) is 29.0 Å². The minimum atomic E-state index is -0.690. The molecule has 35 heavy (non-hydrogen) atoms. The van der Waals surface area contributed by atoms with Crippen LogP contribution in [-0.4, -0.2) is 39.1 Å². The van der Waals surface area contributed by atoms with Gasteiger partial charge in [-0.05, 0) is 68.0 Å². The molecule has 1 aliphatic carbocycles. The Balaban J connectivity index is 1.38. The van der Waals surface area contributed by atoms with E-state index in [9.17, 15) is 8.78 Å². The van der Waals surface area contributed by atoms with Crippen LogP contribution in [0.15, 0.2) is 48.9 Å². The average Bonchev–Trinajstić information content (AvgIpc) is 3.59. The van der Waals surface area contributed by atoms with E-state index in [1.165, 1.54) is 30.2 Å². The number of rotatable bonds is 7. The first-order chi connectivity index (χ1) is 17.2. The molecule has 2 aliphatic rings. The molecular weight excluding hydrogens is 448 g/mol. The number of pyridine rings is 2. The first-order valence-electron chi connectivity index (χ1n) is 12.0. The lowest BCUT2D eigenvalue weighted by molar-refractivity contribution is 0.590. The van der Waals surface area contributed by atoms with Crippen molar-refractivity contribution in [2.45, 2.75) is 37.6 Å². The maximum Gasteiger partial charge on any atom is 0.162 e. The van der Waals surface area contributed by atoms with Crippen molar-refractivity contribution in [1.29, 1.82) is 0 Å². The fraction of sp³-hybridized carbons (Fsp3) is 0.308. The second-order valence-electron chi connectivity index (χ2n) is 9.12. The SMILES string of the molecule is Fc1cccc(F)c1Nc1cc(-c2nc(NC[C@@H]3CCCN3)c3c(C4CC4)cncc3n2)ccn1. The highest BCUT2D eigenvalue weighted by Gasteiger charge is 2.28. The van der Waals surface area contributed by atoms with Crippen molar-refractivity contribution in [3.63, 3.8) is 0 Å². The Labute approximate surface area is 201 Å². The van der Waals surface area contributed by atoms with Crippen molar-refractivity contribution in [3.8, 4) is 11.4 Å². The smallest absolute Gasteiger partial charge is 0.162 e. The minimum Gasteiger partial charge on any atom is -0.368 e. The summed E-state index contributed by atoms with van der Waals surface area (Å²) in [4.78, 5) is 18.4. The lowest BCUT2D eigenvalue weighted by atomic mass is 10.1. The molecule has 3 aromatic heterocycles. The number of anilines is 3. The number of nitrogens with zero attached hydrogens (tertiary/aromatic N) is 4. The largest absolute Gasteiger partial charge is 0.368 e. The molecule has 4 heterocycles. The van der Waals surface area contributed by atoms with Crippen LogP contribution >= 0.6 is 0 Å². The van der Waals surface area contributed by atoms with Gasteiger partial charge in [0.15, 0.2) is 5.82 Å². The second kappa shape index (κ2) is 9.14. The van der Waals surface area contributed by atoms with Crippen LogP contribution < -0.4 is 16.0 Å². The van der Waals surface area contributed by atoms with E-state index in [1.807, 2.05) is 6.20 Å². The summed E-state index contributed by atoms with van der Waals surface area (Å²) in [6.45, 7) is 1.81. The van der Waals surface area contributed by atoms with E-state index < -0.39 is 11.6 Å². The topological polar surface area (TPSA) is 87.7 Å². The summed E-state index contributed by atoms with van der Waals surface area (Å²) in [5.41, 5.74) is 2.39. The summed E-state index contributed by atoms with van der Waals surface area (Å²) in [5, 5.41) is 10.8. The number of hydrogen-bond acceptors (Lipinski definition) is 7. The van der Waals surface area contributed by atoms with Crippen molar-refractivity contribution < 1.29 is 8.78 Å². The number of nitrogens with one attached hydrogen (secondary N) is 3. The van der Waals surface area contributed by atoms with Crippen LogP contribution in [0.5, 0.6) is 0 Å². The van der Waals surface area contributed by atoms with Crippen LogP contribution in [0.2, 0.25) is 0 Å². The summed E-state index contributed by atoms with van der Waals surface area (Å²) >= 11 is 0. The molecule has 3 N–H and O–H groups in total. The summed E-state index contributed by atoms with van der Waals surface area (Å²) in [6, 6.07) is 7.59. The molecule has 0 radical (unpaired) electrons. The van der Waals surface area contributed by atoms with Crippen molar-refractivity contribution in [2.75, 3.05) is 23.7 Å². The van der Waals surface area contributed by atoms with Crippen LogP contribution in [0.4, 0.5) is 26.1 Å². The third-order valence-electron chi connectivity index (χ3n) is 6.57. The summed E-state index contributed by atoms with van der Waals surface area (Å²) in [5.74, 6) is 0.695. The summed E-state index contributed by atoms with van der Waals surface area (Å²) in [7, 11) is 0. The van der Waals surface area contributed by atoms with Crippen LogP contribution in [0.1, 0.15) is 37.2 Å². The zero-order valence-electron chi connectivity index (χ0n) is 19.1. The zero-order chi connectivity index (χ0) is 23.8. The van der Waals surface area contributed by atoms with E-state index in [4.69, 9.17) is 9.97 Å². The predicted octanol–water partition coefficient (Wildman–Crippen LogP) is 5.15. The number of para-hydroxylation sites is 1. The fourth-order valence-electron chi connectivity index (χ4n) is 4.60. The Bertz CT molecular complexity index is 1360. The lowest BCUT2D eigenvalue weighted by Gasteiger charge is -2.16. The van der Waals surface area contributed by atoms with Gasteiger partial charge in [-0.3, -0.25) is 4.98 Å². The maximum absolute atomic E-state index is 14.1. The van der Waals surface area contributed by atoms with Gasteiger partial charge in [-0.1, -0.05) is 6.07 Å². The zero-order valence-corrected chi connectivity index (χ0v) is 19.1. The molecule has 0 bridgehead atoms. The molecule has 1 aromatic carbocycles. The molecule has 9 heteroatoms. The standard InChI is InChI=1S/C26H25F2N7/c27-19-4-1-5-20(28)24(19)34-22-11-16(8-10-31-22)25-33-21-14-29-13-18(15-6-7-15)23(21)26(35-25)32-12-17-3-2-9-30-17/h1,4-5,8,10-11,13-15,17,30H,2-3,6-7,9,12H2,(H,31,34)(H,32,33,35)/t17-/m0/s1.